The van der Waals surface area contributed by atoms with Gasteiger partial charge in [-0.2, -0.15) is 0 Å². The van der Waals surface area contributed by atoms with Gasteiger partial charge in [-0.3, -0.25) is 4.79 Å². The number of methoxy groups -OCH3 is 1. The topological polar surface area (TPSA) is 50.4 Å². The van der Waals surface area contributed by atoms with Crippen molar-refractivity contribution in [3.63, 3.8) is 0 Å². The molecule has 3 rings (SSSR count). The van der Waals surface area contributed by atoms with Gasteiger partial charge in [0.2, 0.25) is 5.91 Å². The highest BCUT2D eigenvalue weighted by atomic mass is 35.5. The van der Waals surface area contributed by atoms with Crippen LogP contribution in [0, 0.1) is 11.8 Å². The maximum atomic E-state index is 12.4. The number of nitrogens with one attached hydrogen (secondary N) is 2. The van der Waals surface area contributed by atoms with Crippen LogP contribution in [0.3, 0.4) is 0 Å². The summed E-state index contributed by atoms with van der Waals surface area (Å²) in [6, 6.07) is 15.8. The lowest BCUT2D eigenvalue weighted by molar-refractivity contribution is -0.121. The number of rotatable bonds is 5. The van der Waals surface area contributed by atoms with Gasteiger partial charge in [0.15, 0.2) is 0 Å². The molecule has 0 spiro atoms. The fourth-order valence-electron chi connectivity index (χ4n) is 2.78. The summed E-state index contributed by atoms with van der Waals surface area (Å²) < 4.78 is 5.42. The van der Waals surface area contributed by atoms with E-state index in [1.54, 1.807) is 7.11 Å². The number of carbonyl (C=O) groups is 1. The molecule has 0 aliphatic carbocycles. The molecule has 24 heavy (non-hydrogen) atoms. The van der Waals surface area contributed by atoms with Crippen molar-refractivity contribution in [2.24, 2.45) is 11.8 Å². The molecule has 2 aromatic rings. The van der Waals surface area contributed by atoms with E-state index in [-0.39, 0.29) is 24.2 Å². The number of para-hydroxylation sites is 1. The summed E-state index contributed by atoms with van der Waals surface area (Å²) in [6.45, 7) is 3.84. The molecule has 1 unspecified atom stereocenters. The highest BCUT2D eigenvalue weighted by Crippen LogP contribution is 2.31. The van der Waals surface area contributed by atoms with Gasteiger partial charge in [0.05, 0.1) is 7.11 Å². The third-order valence-corrected chi connectivity index (χ3v) is 4.48. The number of amides is 1. The van der Waals surface area contributed by atoms with Gasteiger partial charge in [0.1, 0.15) is 5.75 Å². The summed E-state index contributed by atoms with van der Waals surface area (Å²) in [5.74, 6) is 1.36. The van der Waals surface area contributed by atoms with Crippen molar-refractivity contribution in [3.05, 3.63) is 48.5 Å². The molecule has 1 amide bonds. The number of halogens is 1. The van der Waals surface area contributed by atoms with Crippen LogP contribution in [0.25, 0.3) is 11.1 Å². The first kappa shape index (κ1) is 18.3. The van der Waals surface area contributed by atoms with Gasteiger partial charge in [-0.05, 0) is 42.8 Å². The SMILES string of the molecule is COc1ccccc1-c1cccc(NC(=O)C(C)C2CNC2)c1.Cl. The molecule has 0 saturated carbocycles. The Kier molecular flexibility index (Phi) is 6.23. The Morgan fingerprint density at radius 1 is 1.21 bits per heavy atom. The van der Waals surface area contributed by atoms with Crippen molar-refractivity contribution in [2.45, 2.75) is 6.92 Å². The van der Waals surface area contributed by atoms with Crippen LogP contribution in [-0.2, 0) is 4.79 Å². The normalized spacial score (nSPS) is 14.9. The minimum Gasteiger partial charge on any atom is -0.496 e. The largest absolute Gasteiger partial charge is 0.496 e. The third kappa shape index (κ3) is 3.89. The van der Waals surface area contributed by atoms with E-state index < -0.39 is 0 Å². The first-order chi connectivity index (χ1) is 11.2. The van der Waals surface area contributed by atoms with Crippen LogP contribution < -0.4 is 15.4 Å². The van der Waals surface area contributed by atoms with Crippen molar-refractivity contribution >= 4 is 24.0 Å². The monoisotopic (exact) mass is 346 g/mol. The van der Waals surface area contributed by atoms with Crippen LogP contribution in [0.1, 0.15) is 6.92 Å². The number of anilines is 1. The van der Waals surface area contributed by atoms with E-state index in [0.29, 0.717) is 5.92 Å². The Labute approximate surface area is 149 Å². The summed E-state index contributed by atoms with van der Waals surface area (Å²) in [5, 5.41) is 6.24. The van der Waals surface area contributed by atoms with E-state index in [2.05, 4.69) is 10.6 Å². The predicted octanol–water partition coefficient (Wildman–Crippen LogP) is 3.58. The zero-order valence-electron chi connectivity index (χ0n) is 13.9. The van der Waals surface area contributed by atoms with E-state index >= 15 is 0 Å². The fourth-order valence-corrected chi connectivity index (χ4v) is 2.78. The standard InChI is InChI=1S/C19H22N2O2.ClH/c1-13(15-11-20-12-15)19(22)21-16-7-5-6-14(10-16)17-8-3-4-9-18(17)23-2;/h3-10,13,15,20H,11-12H2,1-2H3,(H,21,22);1H. The van der Waals surface area contributed by atoms with E-state index in [4.69, 9.17) is 4.74 Å². The summed E-state index contributed by atoms with van der Waals surface area (Å²) in [6.07, 6.45) is 0. The number of benzene rings is 2. The Morgan fingerprint density at radius 3 is 2.62 bits per heavy atom. The Balaban J connectivity index is 0.00000208. The number of hydrogen-bond donors (Lipinski definition) is 2. The molecule has 1 fully saturated rings. The highest BCUT2D eigenvalue weighted by Gasteiger charge is 2.28. The van der Waals surface area contributed by atoms with Crippen LogP contribution in [0.2, 0.25) is 0 Å². The summed E-state index contributed by atoms with van der Waals surface area (Å²) in [7, 11) is 1.67. The second-order valence-electron chi connectivity index (χ2n) is 5.98. The average Bonchev–Trinajstić information content (AvgIpc) is 2.53. The number of hydrogen-bond acceptors (Lipinski definition) is 3. The summed E-state index contributed by atoms with van der Waals surface area (Å²) >= 11 is 0. The van der Waals surface area contributed by atoms with Gasteiger partial charge in [-0.25, -0.2) is 0 Å². The van der Waals surface area contributed by atoms with Crippen LogP contribution in [0.5, 0.6) is 5.75 Å². The molecule has 0 bridgehead atoms. The summed E-state index contributed by atoms with van der Waals surface area (Å²) in [5.41, 5.74) is 2.86. The van der Waals surface area contributed by atoms with Gasteiger partial charge in [0.25, 0.3) is 0 Å². The second kappa shape index (κ2) is 8.18. The highest BCUT2D eigenvalue weighted by molar-refractivity contribution is 5.93. The van der Waals surface area contributed by atoms with Crippen molar-refractivity contribution < 1.29 is 9.53 Å². The lowest BCUT2D eigenvalue weighted by atomic mass is 9.88. The number of ether oxygens (including phenoxy) is 1. The Bertz CT molecular complexity index is 701. The Hall–Kier alpha value is -2.04. The lowest BCUT2D eigenvalue weighted by Gasteiger charge is -2.31. The van der Waals surface area contributed by atoms with E-state index in [1.165, 1.54) is 0 Å². The van der Waals surface area contributed by atoms with E-state index in [0.717, 1.165) is 35.7 Å². The fraction of sp³-hybridized carbons (Fsp3) is 0.316. The van der Waals surface area contributed by atoms with Crippen molar-refractivity contribution in [2.75, 3.05) is 25.5 Å². The molecular formula is C19H23ClN2O2. The second-order valence-corrected chi connectivity index (χ2v) is 5.98. The zero-order valence-corrected chi connectivity index (χ0v) is 14.7. The molecule has 2 N–H and O–H groups in total. The zero-order chi connectivity index (χ0) is 16.2. The van der Waals surface area contributed by atoms with Crippen molar-refractivity contribution in [1.29, 1.82) is 0 Å². The van der Waals surface area contributed by atoms with Crippen molar-refractivity contribution in [1.82, 2.24) is 5.32 Å². The first-order valence-corrected chi connectivity index (χ1v) is 7.94. The summed E-state index contributed by atoms with van der Waals surface area (Å²) in [4.78, 5) is 12.4. The van der Waals surface area contributed by atoms with Gasteiger partial charge >= 0.3 is 0 Å². The molecule has 1 aliphatic heterocycles. The quantitative estimate of drug-likeness (QED) is 0.870. The molecule has 0 aromatic heterocycles. The van der Waals surface area contributed by atoms with Crippen molar-refractivity contribution in [3.8, 4) is 16.9 Å². The molecule has 0 radical (unpaired) electrons. The molecule has 4 nitrogen and oxygen atoms in total. The Morgan fingerprint density at radius 2 is 1.96 bits per heavy atom. The minimum absolute atomic E-state index is 0. The van der Waals surface area contributed by atoms with Crippen LogP contribution in [0.15, 0.2) is 48.5 Å². The minimum atomic E-state index is 0. The predicted molar refractivity (Wildman–Crippen MR) is 99.8 cm³/mol. The number of carbonyl (C=O) groups excluding carboxylic acids is 1. The smallest absolute Gasteiger partial charge is 0.227 e. The van der Waals surface area contributed by atoms with Crippen LogP contribution in [0.4, 0.5) is 5.69 Å². The molecule has 5 heteroatoms. The van der Waals surface area contributed by atoms with Crippen LogP contribution >= 0.6 is 12.4 Å². The van der Waals surface area contributed by atoms with Gasteiger partial charge in [-0.1, -0.05) is 37.3 Å². The maximum Gasteiger partial charge on any atom is 0.227 e. The first-order valence-electron chi connectivity index (χ1n) is 7.94. The molecule has 128 valence electrons. The third-order valence-electron chi connectivity index (χ3n) is 4.48. The van der Waals surface area contributed by atoms with E-state index in [1.807, 2.05) is 55.5 Å². The van der Waals surface area contributed by atoms with Crippen LogP contribution in [-0.4, -0.2) is 26.1 Å². The van der Waals surface area contributed by atoms with Gasteiger partial charge in [0, 0.05) is 17.2 Å². The molecule has 2 aromatic carbocycles. The molecule has 1 aliphatic rings. The average molecular weight is 347 g/mol. The maximum absolute atomic E-state index is 12.4. The lowest BCUT2D eigenvalue weighted by Crippen LogP contribution is -2.48. The molecule has 1 atom stereocenters. The van der Waals surface area contributed by atoms with E-state index in [9.17, 15) is 4.79 Å². The van der Waals surface area contributed by atoms with Gasteiger partial charge < -0.3 is 15.4 Å². The molecular weight excluding hydrogens is 324 g/mol. The van der Waals surface area contributed by atoms with Gasteiger partial charge in [-0.15, -0.1) is 12.4 Å². The molecule has 1 heterocycles. The molecule has 1 saturated heterocycles.